The van der Waals surface area contributed by atoms with Gasteiger partial charge in [-0.3, -0.25) is 0 Å². The molecule has 4 fully saturated rings. The van der Waals surface area contributed by atoms with Crippen LogP contribution >= 0.6 is 116 Å². The molecule has 0 amide bonds. The van der Waals surface area contributed by atoms with Crippen molar-refractivity contribution in [2.75, 3.05) is 6.61 Å². The highest BCUT2D eigenvalue weighted by molar-refractivity contribution is 14.1. The van der Waals surface area contributed by atoms with Crippen LogP contribution in [0.4, 0.5) is 0 Å². The number of carbonyl (C=O) groups excluding carboxylic acids is 3. The fraction of sp³-hybridized carbons (Fsp3) is 0.423. The summed E-state index contributed by atoms with van der Waals surface area (Å²) >= 11 is 15.4. The Morgan fingerprint density at radius 3 is 2.16 bits per heavy atom. The lowest BCUT2D eigenvalue weighted by Gasteiger charge is -2.61. The van der Waals surface area contributed by atoms with Crippen LogP contribution in [0.25, 0.3) is 0 Å². The van der Waals surface area contributed by atoms with E-state index >= 15 is 0 Å². The van der Waals surface area contributed by atoms with Gasteiger partial charge in [0.25, 0.3) is 0 Å². The summed E-state index contributed by atoms with van der Waals surface area (Å²) in [5.74, 6) is -2.35. The van der Waals surface area contributed by atoms with Gasteiger partial charge in [-0.1, -0.05) is 0 Å². The first kappa shape index (κ1) is 34.5. The summed E-state index contributed by atoms with van der Waals surface area (Å²) in [4.78, 5) is 38.0. The Labute approximate surface area is 312 Å². The Hall–Kier alpha value is 0.190. The first-order valence-corrected chi connectivity index (χ1v) is 19.6. The molecule has 4 aliphatic carbocycles. The van der Waals surface area contributed by atoms with Crippen LogP contribution < -0.4 is 14.6 Å². The molecule has 2 atom stereocenters. The zero-order valence-electron chi connectivity index (χ0n) is 21.5. The smallest absolute Gasteiger partial charge is 0.349 e. The maximum Gasteiger partial charge on any atom is 0.349 e. The molecule has 0 aromatic heterocycles. The number of rotatable bonds is 8. The van der Waals surface area contributed by atoms with Crippen molar-refractivity contribution in [3.8, 4) is 11.5 Å². The molecular formula is C26H18Br3I3O10S-2. The van der Waals surface area contributed by atoms with Gasteiger partial charge in [0.1, 0.15) is 21.5 Å². The second-order valence-electron chi connectivity index (χ2n) is 11.0. The Kier molecular flexibility index (Phi) is 10.2. The molecular weight excluding hydrogens is 1120 g/mol. The quantitative estimate of drug-likeness (QED) is 0.135. The number of hydrogen-bond donors (Lipinski definition) is 0. The Bertz CT molecular complexity index is 1670. The summed E-state index contributed by atoms with van der Waals surface area (Å²) in [6, 6.07) is 2.97. The summed E-state index contributed by atoms with van der Waals surface area (Å²) in [6.07, 6.45) is 3.40. The highest BCUT2D eigenvalue weighted by atomic mass is 127. The van der Waals surface area contributed by atoms with Gasteiger partial charge in [-0.2, -0.15) is 0 Å². The molecule has 2 aromatic carbocycles. The van der Waals surface area contributed by atoms with E-state index in [9.17, 15) is 32.5 Å². The van der Waals surface area contributed by atoms with E-state index in [1.807, 2.05) is 22.6 Å². The fourth-order valence-corrected chi connectivity index (χ4v) is 15.3. The molecule has 0 N–H and O–H groups in total. The Morgan fingerprint density at radius 1 is 0.953 bits per heavy atom. The van der Waals surface area contributed by atoms with Crippen LogP contribution in [0.5, 0.6) is 11.5 Å². The zero-order valence-corrected chi connectivity index (χ0v) is 33.6. The second kappa shape index (κ2) is 12.7. The molecule has 232 valence electrons. The highest BCUT2D eigenvalue weighted by Gasteiger charge is 2.60. The average Bonchev–Trinajstić information content (AvgIpc) is 2.83. The maximum atomic E-state index is 13.6. The number of aliphatic carboxylic acids is 1. The summed E-state index contributed by atoms with van der Waals surface area (Å²) in [5.41, 5.74) is -1.80. The fourth-order valence-electron chi connectivity index (χ4n) is 6.83. The normalized spacial score (nSPS) is 25.8. The predicted octanol–water partition coefficient (Wildman–Crippen LogP) is 5.92. The third kappa shape index (κ3) is 6.79. The first-order chi connectivity index (χ1) is 19.9. The molecule has 2 aromatic rings. The van der Waals surface area contributed by atoms with Crippen molar-refractivity contribution in [2.24, 2.45) is 17.3 Å². The number of halogens is 6. The number of esters is 2. The molecule has 0 spiro atoms. The van der Waals surface area contributed by atoms with Gasteiger partial charge in [0, 0.05) is 19.4 Å². The van der Waals surface area contributed by atoms with Crippen LogP contribution in [0.15, 0.2) is 30.4 Å². The van der Waals surface area contributed by atoms with Crippen molar-refractivity contribution in [1.29, 1.82) is 0 Å². The number of carboxylic acids is 1. The molecule has 0 heterocycles. The van der Waals surface area contributed by atoms with Crippen molar-refractivity contribution in [3.05, 3.63) is 41.8 Å². The average molecular weight is 1140 g/mol. The molecule has 0 radical (unpaired) electrons. The largest absolute Gasteiger partial charge is 0.744 e. The van der Waals surface area contributed by atoms with Crippen molar-refractivity contribution in [1.82, 2.24) is 0 Å². The molecule has 4 bridgehead atoms. The van der Waals surface area contributed by atoms with Gasteiger partial charge in [-0.05, 0) is 178 Å². The van der Waals surface area contributed by atoms with Gasteiger partial charge in [0.15, 0.2) is 12.4 Å². The van der Waals surface area contributed by atoms with Crippen LogP contribution in [-0.2, 0) is 24.4 Å². The lowest BCUT2D eigenvalue weighted by atomic mass is 9.48. The van der Waals surface area contributed by atoms with E-state index in [1.165, 1.54) is 6.07 Å². The lowest BCUT2D eigenvalue weighted by Crippen LogP contribution is -2.62. The maximum absolute atomic E-state index is 13.6. The molecule has 6 rings (SSSR count). The summed E-state index contributed by atoms with van der Waals surface area (Å²) in [7, 11) is -4.83. The third-order valence-corrected chi connectivity index (χ3v) is 14.3. The predicted molar refractivity (Wildman–Crippen MR) is 183 cm³/mol. The van der Waals surface area contributed by atoms with E-state index < -0.39 is 50.5 Å². The van der Waals surface area contributed by atoms with Gasteiger partial charge in [-0.15, -0.1) is 0 Å². The Balaban J connectivity index is 1.35. The van der Waals surface area contributed by atoms with Crippen LogP contribution in [-0.4, -0.2) is 43.1 Å². The van der Waals surface area contributed by atoms with E-state index in [-0.39, 0.29) is 46.9 Å². The van der Waals surface area contributed by atoms with Crippen LogP contribution in [0.1, 0.15) is 48.9 Å². The molecule has 43 heavy (non-hydrogen) atoms. The van der Waals surface area contributed by atoms with Gasteiger partial charge < -0.3 is 28.7 Å². The molecule has 4 saturated carbocycles. The van der Waals surface area contributed by atoms with Crippen LogP contribution in [0.2, 0.25) is 0 Å². The minimum absolute atomic E-state index is 0.0292. The van der Waals surface area contributed by atoms with Crippen molar-refractivity contribution in [2.45, 2.75) is 49.0 Å². The number of carbonyl (C=O) groups is 3. The van der Waals surface area contributed by atoms with Gasteiger partial charge in [0.05, 0.1) is 26.5 Å². The van der Waals surface area contributed by atoms with Crippen LogP contribution in [0.3, 0.4) is 0 Å². The standard InChI is InChI=1S/C26H20Br3I3O10S/c27-12-2-13(28)20(40-8-16(33)41-21-14(30)3-15(31)22(19(21)32)43(37,38)39)18(29)17(12)23(34)42-26-6-10-1-11(7-26)5-25(4-10,9-26)24(35)36/h2-3,10-11H,1,4-9H2,(H,35,36)(H,37,38,39)/p-2. The Morgan fingerprint density at radius 2 is 1.58 bits per heavy atom. The molecule has 17 heteroatoms. The summed E-state index contributed by atoms with van der Waals surface area (Å²) in [6.45, 7) is -0.633. The van der Waals surface area contributed by atoms with Gasteiger partial charge in [0.2, 0.25) is 0 Å². The number of carboxylic acid groups (broad SMARTS) is 1. The monoisotopic (exact) mass is 1140 g/mol. The SMILES string of the molecule is O=C(COc1c(Br)cc(Br)c(C(=O)OC23CC4CC(C2)CC(C(=O)[O-])(C4)C3)c1Br)Oc1c(I)cc(I)c(S(=O)(=O)[O-])c1I. The molecule has 0 aliphatic heterocycles. The topological polar surface area (TPSA) is 159 Å². The number of ether oxygens (including phenoxy) is 3. The van der Waals surface area contributed by atoms with E-state index in [0.29, 0.717) is 38.2 Å². The number of benzene rings is 2. The van der Waals surface area contributed by atoms with Crippen molar-refractivity contribution >= 4 is 144 Å². The van der Waals surface area contributed by atoms with Crippen LogP contribution in [0, 0.1) is 28.0 Å². The minimum Gasteiger partial charge on any atom is -0.744 e. The zero-order chi connectivity index (χ0) is 31.6. The van der Waals surface area contributed by atoms with E-state index in [2.05, 4.69) is 47.8 Å². The van der Waals surface area contributed by atoms with Gasteiger partial charge in [-0.25, -0.2) is 18.0 Å². The van der Waals surface area contributed by atoms with Crippen molar-refractivity contribution < 1.29 is 46.7 Å². The lowest BCUT2D eigenvalue weighted by molar-refractivity contribution is -0.331. The number of hydrogen-bond acceptors (Lipinski definition) is 10. The van der Waals surface area contributed by atoms with E-state index in [0.717, 1.165) is 6.42 Å². The molecule has 10 nitrogen and oxygen atoms in total. The summed E-state index contributed by atoms with van der Waals surface area (Å²) in [5, 5.41) is 12.1. The van der Waals surface area contributed by atoms with Gasteiger partial charge >= 0.3 is 11.9 Å². The molecule has 0 saturated heterocycles. The minimum atomic E-state index is -4.83. The molecule has 2 unspecified atom stereocenters. The molecule has 4 aliphatic rings. The van der Waals surface area contributed by atoms with E-state index in [4.69, 9.17) is 14.2 Å². The summed E-state index contributed by atoms with van der Waals surface area (Å²) < 4.78 is 54.0. The van der Waals surface area contributed by atoms with E-state index in [1.54, 1.807) is 51.2 Å². The second-order valence-corrected chi connectivity index (χ2v) is 18.2. The highest BCUT2D eigenvalue weighted by Crippen LogP contribution is 2.63. The van der Waals surface area contributed by atoms with Crippen molar-refractivity contribution in [3.63, 3.8) is 0 Å². The first-order valence-electron chi connectivity index (χ1n) is 12.5. The third-order valence-electron chi connectivity index (χ3n) is 7.97.